The molecule has 3 rings (SSSR count). The number of nitrogens with one attached hydrogen (secondary N) is 1. The summed E-state index contributed by atoms with van der Waals surface area (Å²) < 4.78 is 0. The van der Waals surface area contributed by atoms with E-state index in [0.29, 0.717) is 0 Å². The lowest BCUT2D eigenvalue weighted by Crippen LogP contribution is -2.44. The summed E-state index contributed by atoms with van der Waals surface area (Å²) in [6.07, 6.45) is 3.50. The lowest BCUT2D eigenvalue weighted by molar-refractivity contribution is 0.0935. The fourth-order valence-corrected chi connectivity index (χ4v) is 3.45. The standard InChI is InChI=1S/C16H20N4OS/c1-11-9-15(18-10-17-11)20-7-5-13(6-8-20)19-16(21)14-4-3-12(2)22-14/h3-4,9-10,13H,5-8H2,1-2H3,(H,19,21). The van der Waals surface area contributed by atoms with E-state index in [0.717, 1.165) is 42.3 Å². The highest BCUT2D eigenvalue weighted by Crippen LogP contribution is 2.19. The molecule has 22 heavy (non-hydrogen) atoms. The summed E-state index contributed by atoms with van der Waals surface area (Å²) in [6.45, 7) is 5.81. The molecule has 0 saturated carbocycles. The molecule has 116 valence electrons. The number of amides is 1. The molecular weight excluding hydrogens is 296 g/mol. The number of rotatable bonds is 3. The van der Waals surface area contributed by atoms with E-state index in [1.807, 2.05) is 32.0 Å². The molecule has 0 spiro atoms. The zero-order valence-electron chi connectivity index (χ0n) is 12.9. The molecule has 0 atom stereocenters. The van der Waals surface area contributed by atoms with Crippen LogP contribution in [0.15, 0.2) is 24.5 Å². The Balaban J connectivity index is 1.54. The first kappa shape index (κ1) is 15.0. The van der Waals surface area contributed by atoms with Crippen molar-refractivity contribution in [2.45, 2.75) is 32.7 Å². The van der Waals surface area contributed by atoms with Crippen molar-refractivity contribution in [1.29, 1.82) is 0 Å². The Morgan fingerprint density at radius 2 is 2.05 bits per heavy atom. The Labute approximate surface area is 134 Å². The molecule has 0 aliphatic carbocycles. The van der Waals surface area contributed by atoms with Crippen molar-refractivity contribution in [1.82, 2.24) is 15.3 Å². The number of aryl methyl sites for hydroxylation is 2. The van der Waals surface area contributed by atoms with E-state index in [9.17, 15) is 4.79 Å². The smallest absolute Gasteiger partial charge is 0.261 e. The van der Waals surface area contributed by atoms with Gasteiger partial charge in [-0.05, 0) is 38.8 Å². The molecule has 3 heterocycles. The SMILES string of the molecule is Cc1cc(N2CCC(NC(=O)c3ccc(C)s3)CC2)ncn1. The van der Waals surface area contributed by atoms with E-state index in [2.05, 4.69) is 20.2 Å². The number of thiophene rings is 1. The van der Waals surface area contributed by atoms with Gasteiger partial charge < -0.3 is 10.2 Å². The second kappa shape index (κ2) is 6.44. The maximum absolute atomic E-state index is 12.2. The number of carbonyl (C=O) groups is 1. The van der Waals surface area contributed by atoms with Crippen molar-refractivity contribution >= 4 is 23.1 Å². The van der Waals surface area contributed by atoms with Crippen molar-refractivity contribution in [3.8, 4) is 0 Å². The van der Waals surface area contributed by atoms with E-state index >= 15 is 0 Å². The molecule has 0 unspecified atom stereocenters. The molecule has 0 bridgehead atoms. The minimum Gasteiger partial charge on any atom is -0.356 e. The minimum absolute atomic E-state index is 0.0504. The average Bonchev–Trinajstić information content (AvgIpc) is 2.95. The molecular formula is C16H20N4OS. The van der Waals surface area contributed by atoms with Crippen LogP contribution in [0.3, 0.4) is 0 Å². The molecule has 1 saturated heterocycles. The maximum Gasteiger partial charge on any atom is 0.261 e. The lowest BCUT2D eigenvalue weighted by Gasteiger charge is -2.33. The van der Waals surface area contributed by atoms with Gasteiger partial charge in [0, 0.05) is 35.8 Å². The Kier molecular flexibility index (Phi) is 4.38. The van der Waals surface area contributed by atoms with Crippen LogP contribution >= 0.6 is 11.3 Å². The highest BCUT2D eigenvalue weighted by molar-refractivity contribution is 7.13. The minimum atomic E-state index is 0.0504. The van der Waals surface area contributed by atoms with E-state index < -0.39 is 0 Å². The highest BCUT2D eigenvalue weighted by Gasteiger charge is 2.22. The van der Waals surface area contributed by atoms with Crippen molar-refractivity contribution in [2.24, 2.45) is 0 Å². The van der Waals surface area contributed by atoms with E-state index in [4.69, 9.17) is 0 Å². The van der Waals surface area contributed by atoms with Gasteiger partial charge in [-0.15, -0.1) is 11.3 Å². The zero-order chi connectivity index (χ0) is 15.5. The summed E-state index contributed by atoms with van der Waals surface area (Å²) in [5.41, 5.74) is 0.980. The molecule has 1 fully saturated rings. The number of nitrogens with zero attached hydrogens (tertiary/aromatic N) is 3. The topological polar surface area (TPSA) is 58.1 Å². The Morgan fingerprint density at radius 3 is 2.68 bits per heavy atom. The Bertz CT molecular complexity index is 662. The third-order valence-corrected chi connectivity index (χ3v) is 4.91. The molecule has 6 heteroatoms. The van der Waals surface area contributed by atoms with Crippen LogP contribution in [0.4, 0.5) is 5.82 Å². The molecule has 2 aromatic heterocycles. The number of aromatic nitrogens is 2. The first-order valence-electron chi connectivity index (χ1n) is 7.53. The average molecular weight is 316 g/mol. The Hall–Kier alpha value is -1.95. The highest BCUT2D eigenvalue weighted by atomic mass is 32.1. The van der Waals surface area contributed by atoms with Gasteiger partial charge in [0.15, 0.2) is 0 Å². The summed E-state index contributed by atoms with van der Waals surface area (Å²) >= 11 is 1.54. The van der Waals surface area contributed by atoms with Gasteiger partial charge in [-0.2, -0.15) is 0 Å². The van der Waals surface area contributed by atoms with E-state index in [1.165, 1.54) is 4.88 Å². The molecule has 1 amide bonds. The second-order valence-electron chi connectivity index (χ2n) is 5.66. The van der Waals surface area contributed by atoms with E-state index in [-0.39, 0.29) is 11.9 Å². The summed E-state index contributed by atoms with van der Waals surface area (Å²) in [4.78, 5) is 24.9. The molecule has 2 aromatic rings. The molecule has 5 nitrogen and oxygen atoms in total. The number of piperidine rings is 1. The van der Waals surface area contributed by atoms with Crippen molar-refractivity contribution < 1.29 is 4.79 Å². The zero-order valence-corrected chi connectivity index (χ0v) is 13.7. The van der Waals surface area contributed by atoms with Gasteiger partial charge in [-0.1, -0.05) is 0 Å². The summed E-state index contributed by atoms with van der Waals surface area (Å²) in [5.74, 6) is 1.03. The lowest BCUT2D eigenvalue weighted by atomic mass is 10.0. The molecule has 1 aliphatic rings. The maximum atomic E-state index is 12.2. The van der Waals surface area contributed by atoms with Crippen molar-refractivity contribution in [3.63, 3.8) is 0 Å². The molecule has 1 aliphatic heterocycles. The summed E-state index contributed by atoms with van der Waals surface area (Å²) in [7, 11) is 0. The fraction of sp³-hybridized carbons (Fsp3) is 0.438. The second-order valence-corrected chi connectivity index (χ2v) is 6.95. The fourth-order valence-electron chi connectivity index (χ4n) is 2.68. The van der Waals surface area contributed by atoms with Crippen LogP contribution in [0.1, 0.15) is 33.1 Å². The first-order valence-corrected chi connectivity index (χ1v) is 8.34. The molecule has 1 N–H and O–H groups in total. The van der Waals surface area contributed by atoms with Crippen LogP contribution in [0, 0.1) is 13.8 Å². The van der Waals surface area contributed by atoms with E-state index in [1.54, 1.807) is 17.7 Å². The van der Waals surface area contributed by atoms with Gasteiger partial charge in [0.05, 0.1) is 4.88 Å². The number of anilines is 1. The third-order valence-electron chi connectivity index (χ3n) is 3.91. The monoisotopic (exact) mass is 316 g/mol. The van der Waals surface area contributed by atoms with Crippen LogP contribution in [0.2, 0.25) is 0 Å². The third kappa shape index (κ3) is 3.44. The largest absolute Gasteiger partial charge is 0.356 e. The molecule has 0 aromatic carbocycles. The van der Waals surface area contributed by atoms with Gasteiger partial charge >= 0.3 is 0 Å². The quantitative estimate of drug-likeness (QED) is 0.945. The van der Waals surface area contributed by atoms with Crippen LogP contribution in [0.25, 0.3) is 0 Å². The van der Waals surface area contributed by atoms with Crippen LogP contribution < -0.4 is 10.2 Å². The molecule has 0 radical (unpaired) electrons. The van der Waals surface area contributed by atoms with Crippen LogP contribution in [-0.4, -0.2) is 35.0 Å². The van der Waals surface area contributed by atoms with Crippen LogP contribution in [-0.2, 0) is 0 Å². The number of hydrogen-bond acceptors (Lipinski definition) is 5. The van der Waals surface area contributed by atoms with Crippen molar-refractivity contribution in [3.05, 3.63) is 40.0 Å². The predicted octanol–water partition coefficient (Wildman–Crippen LogP) is 2.55. The van der Waals surface area contributed by atoms with Gasteiger partial charge in [-0.3, -0.25) is 4.79 Å². The summed E-state index contributed by atoms with van der Waals surface area (Å²) in [5, 5.41) is 3.14. The number of carbonyl (C=O) groups excluding carboxylic acids is 1. The van der Waals surface area contributed by atoms with Gasteiger partial charge in [-0.25, -0.2) is 9.97 Å². The van der Waals surface area contributed by atoms with Crippen molar-refractivity contribution in [2.75, 3.05) is 18.0 Å². The summed E-state index contributed by atoms with van der Waals surface area (Å²) in [6, 6.07) is 6.13. The predicted molar refractivity (Wildman–Crippen MR) is 88.5 cm³/mol. The van der Waals surface area contributed by atoms with Gasteiger partial charge in [0.25, 0.3) is 5.91 Å². The van der Waals surface area contributed by atoms with Gasteiger partial charge in [0.1, 0.15) is 12.1 Å². The number of hydrogen-bond donors (Lipinski definition) is 1. The van der Waals surface area contributed by atoms with Crippen LogP contribution in [0.5, 0.6) is 0 Å². The van der Waals surface area contributed by atoms with Gasteiger partial charge in [0.2, 0.25) is 0 Å². The Morgan fingerprint density at radius 1 is 1.27 bits per heavy atom. The first-order chi connectivity index (χ1) is 10.6. The normalized spacial score (nSPS) is 15.8.